The van der Waals surface area contributed by atoms with Crippen molar-refractivity contribution in [1.29, 1.82) is 0 Å². The fraction of sp³-hybridized carbons (Fsp3) is 0.400. The van der Waals surface area contributed by atoms with Crippen LogP contribution in [0.5, 0.6) is 0 Å². The zero-order valence-corrected chi connectivity index (χ0v) is 13.5. The molecule has 0 saturated carbocycles. The van der Waals surface area contributed by atoms with Crippen molar-refractivity contribution in [2.75, 3.05) is 24.2 Å². The molecule has 8 heteroatoms. The van der Waals surface area contributed by atoms with E-state index in [1.807, 2.05) is 13.8 Å². The van der Waals surface area contributed by atoms with Crippen molar-refractivity contribution in [3.8, 4) is 0 Å². The summed E-state index contributed by atoms with van der Waals surface area (Å²) in [6, 6.07) is 5.65. The Hall–Kier alpha value is -2.61. The summed E-state index contributed by atoms with van der Waals surface area (Å²) in [5, 5.41) is 10.1. The third-order valence-corrected chi connectivity index (χ3v) is 3.08. The largest absolute Gasteiger partial charge is 0.346 e. The summed E-state index contributed by atoms with van der Waals surface area (Å²) in [4.78, 5) is 34.8. The highest BCUT2D eigenvalue weighted by Gasteiger charge is 2.17. The predicted octanol–water partition coefficient (Wildman–Crippen LogP) is 0.476. The van der Waals surface area contributed by atoms with Gasteiger partial charge in [0.25, 0.3) is 0 Å². The fourth-order valence-electron chi connectivity index (χ4n) is 1.66. The lowest BCUT2D eigenvalue weighted by atomic mass is 10.1. The van der Waals surface area contributed by atoms with Gasteiger partial charge in [-0.25, -0.2) is 4.79 Å². The molecule has 0 heterocycles. The van der Waals surface area contributed by atoms with Gasteiger partial charge in [0.1, 0.15) is 0 Å². The van der Waals surface area contributed by atoms with Crippen LogP contribution in [0.4, 0.5) is 16.2 Å². The zero-order chi connectivity index (χ0) is 17.4. The number of urea groups is 1. The molecule has 8 nitrogen and oxygen atoms in total. The molecule has 6 N–H and O–H groups in total. The Bertz CT molecular complexity index is 574. The third kappa shape index (κ3) is 6.35. The molecule has 0 aliphatic heterocycles. The Balaban J connectivity index is 2.53. The number of amides is 4. The minimum atomic E-state index is -0.650. The van der Waals surface area contributed by atoms with Crippen LogP contribution in [0.3, 0.4) is 0 Å². The molecule has 23 heavy (non-hydrogen) atoms. The summed E-state index contributed by atoms with van der Waals surface area (Å²) >= 11 is 0. The fourth-order valence-corrected chi connectivity index (χ4v) is 1.66. The highest BCUT2D eigenvalue weighted by molar-refractivity contribution is 5.96. The smallest absolute Gasteiger partial charge is 0.318 e. The van der Waals surface area contributed by atoms with Crippen LogP contribution in [-0.2, 0) is 9.59 Å². The molecule has 0 saturated heterocycles. The second kappa shape index (κ2) is 8.74. The Morgan fingerprint density at radius 3 is 2.30 bits per heavy atom. The van der Waals surface area contributed by atoms with Gasteiger partial charge in [-0.3, -0.25) is 9.59 Å². The molecule has 126 valence electrons. The van der Waals surface area contributed by atoms with Crippen molar-refractivity contribution >= 4 is 29.2 Å². The lowest BCUT2D eigenvalue weighted by Crippen LogP contribution is -2.46. The molecule has 0 fully saturated rings. The first kappa shape index (κ1) is 18.4. The van der Waals surface area contributed by atoms with Gasteiger partial charge in [-0.15, -0.1) is 0 Å². The lowest BCUT2D eigenvalue weighted by Gasteiger charge is -2.15. The predicted molar refractivity (Wildman–Crippen MR) is 89.0 cm³/mol. The quantitative estimate of drug-likeness (QED) is 0.522. The molecule has 0 radical (unpaired) electrons. The van der Waals surface area contributed by atoms with Gasteiger partial charge in [-0.1, -0.05) is 19.9 Å². The number of hydrogen-bond donors (Lipinski definition) is 5. The minimum Gasteiger partial charge on any atom is -0.346 e. The summed E-state index contributed by atoms with van der Waals surface area (Å²) in [6.07, 6.45) is 0. The maximum Gasteiger partial charge on any atom is 0.318 e. The third-order valence-electron chi connectivity index (χ3n) is 3.08. The molecule has 1 aromatic carbocycles. The Labute approximate surface area is 135 Å². The molecule has 0 aromatic heterocycles. The van der Waals surface area contributed by atoms with Crippen molar-refractivity contribution in [3.05, 3.63) is 24.3 Å². The van der Waals surface area contributed by atoms with E-state index in [2.05, 4.69) is 21.3 Å². The van der Waals surface area contributed by atoms with E-state index in [1.54, 1.807) is 24.3 Å². The van der Waals surface area contributed by atoms with E-state index >= 15 is 0 Å². The van der Waals surface area contributed by atoms with Crippen molar-refractivity contribution in [3.63, 3.8) is 0 Å². The SMILES string of the molecule is CNC(=O)Nc1cccc(NC(=O)CNC(=O)[C@@H](N)C(C)C)c1. The lowest BCUT2D eigenvalue weighted by molar-refractivity contribution is -0.125. The summed E-state index contributed by atoms with van der Waals surface area (Å²) in [5.74, 6) is -0.762. The van der Waals surface area contributed by atoms with Crippen LogP contribution in [0.25, 0.3) is 0 Å². The second-order valence-corrected chi connectivity index (χ2v) is 5.32. The van der Waals surface area contributed by atoms with Gasteiger partial charge in [0.05, 0.1) is 12.6 Å². The van der Waals surface area contributed by atoms with Crippen LogP contribution in [0.1, 0.15) is 13.8 Å². The minimum absolute atomic E-state index is 0.00877. The van der Waals surface area contributed by atoms with E-state index in [-0.39, 0.29) is 30.3 Å². The van der Waals surface area contributed by atoms with Gasteiger partial charge in [-0.05, 0) is 24.1 Å². The summed E-state index contributed by atoms with van der Waals surface area (Å²) in [7, 11) is 1.51. The number of nitrogens with two attached hydrogens (primary N) is 1. The van der Waals surface area contributed by atoms with E-state index in [4.69, 9.17) is 5.73 Å². The van der Waals surface area contributed by atoms with E-state index in [0.29, 0.717) is 11.4 Å². The van der Waals surface area contributed by atoms with Gasteiger partial charge >= 0.3 is 6.03 Å². The number of carbonyl (C=O) groups excluding carboxylic acids is 3. The number of anilines is 2. The second-order valence-electron chi connectivity index (χ2n) is 5.32. The van der Waals surface area contributed by atoms with Crippen LogP contribution >= 0.6 is 0 Å². The summed E-state index contributed by atoms with van der Waals surface area (Å²) in [6.45, 7) is 3.48. The van der Waals surface area contributed by atoms with Crippen molar-refractivity contribution in [1.82, 2.24) is 10.6 Å². The summed E-state index contributed by atoms with van der Waals surface area (Å²) in [5.41, 5.74) is 6.73. The first-order chi connectivity index (χ1) is 10.8. The number of rotatable bonds is 6. The highest BCUT2D eigenvalue weighted by atomic mass is 16.2. The molecule has 4 amide bonds. The van der Waals surface area contributed by atoms with Gasteiger partial charge < -0.3 is 27.0 Å². The molecular formula is C15H23N5O3. The van der Waals surface area contributed by atoms with Gasteiger partial charge in [0, 0.05) is 18.4 Å². The molecule has 1 aromatic rings. The zero-order valence-electron chi connectivity index (χ0n) is 13.5. The first-order valence-corrected chi connectivity index (χ1v) is 7.25. The van der Waals surface area contributed by atoms with Crippen molar-refractivity contribution in [2.24, 2.45) is 11.7 Å². The standard InChI is InChI=1S/C15H23N5O3/c1-9(2)13(16)14(22)18-8-12(21)19-10-5-4-6-11(7-10)20-15(23)17-3/h4-7,9,13H,8,16H2,1-3H3,(H,18,22)(H,19,21)(H2,17,20,23)/t13-/m0/s1. The monoisotopic (exact) mass is 321 g/mol. The number of nitrogens with one attached hydrogen (secondary N) is 4. The van der Waals surface area contributed by atoms with E-state index in [1.165, 1.54) is 7.05 Å². The maximum atomic E-state index is 11.8. The van der Waals surface area contributed by atoms with Crippen LogP contribution in [0.2, 0.25) is 0 Å². The van der Waals surface area contributed by atoms with Gasteiger partial charge in [0.15, 0.2) is 0 Å². The topological polar surface area (TPSA) is 125 Å². The Kier molecular flexibility index (Phi) is 7.01. The van der Waals surface area contributed by atoms with Gasteiger partial charge in [0.2, 0.25) is 11.8 Å². The average Bonchev–Trinajstić information content (AvgIpc) is 2.51. The van der Waals surface area contributed by atoms with Crippen LogP contribution in [0.15, 0.2) is 24.3 Å². The number of hydrogen-bond acceptors (Lipinski definition) is 4. The molecule has 0 spiro atoms. The number of benzene rings is 1. The Morgan fingerprint density at radius 2 is 1.74 bits per heavy atom. The van der Waals surface area contributed by atoms with E-state index in [0.717, 1.165) is 0 Å². The maximum absolute atomic E-state index is 11.8. The molecule has 0 aliphatic carbocycles. The van der Waals surface area contributed by atoms with Crippen LogP contribution in [-0.4, -0.2) is 37.5 Å². The number of carbonyl (C=O) groups is 3. The molecule has 0 bridgehead atoms. The average molecular weight is 321 g/mol. The van der Waals surface area contributed by atoms with E-state index in [9.17, 15) is 14.4 Å². The molecule has 0 unspecified atom stereocenters. The molecule has 1 rings (SSSR count). The molecule has 0 aliphatic rings. The Morgan fingerprint density at radius 1 is 1.13 bits per heavy atom. The summed E-state index contributed by atoms with van der Waals surface area (Å²) < 4.78 is 0. The van der Waals surface area contributed by atoms with Crippen molar-refractivity contribution in [2.45, 2.75) is 19.9 Å². The highest BCUT2D eigenvalue weighted by Crippen LogP contribution is 2.14. The molecular weight excluding hydrogens is 298 g/mol. The first-order valence-electron chi connectivity index (χ1n) is 7.25. The van der Waals surface area contributed by atoms with Crippen LogP contribution in [0, 0.1) is 5.92 Å². The molecule has 1 atom stereocenters. The normalized spacial score (nSPS) is 11.5. The van der Waals surface area contributed by atoms with E-state index < -0.39 is 6.04 Å². The van der Waals surface area contributed by atoms with Crippen LogP contribution < -0.4 is 27.0 Å². The van der Waals surface area contributed by atoms with Crippen molar-refractivity contribution < 1.29 is 14.4 Å². The van der Waals surface area contributed by atoms with Gasteiger partial charge in [-0.2, -0.15) is 0 Å².